The Kier molecular flexibility index (Phi) is 3.94. The van der Waals surface area contributed by atoms with Crippen LogP contribution in [0.3, 0.4) is 0 Å². The van der Waals surface area contributed by atoms with Gasteiger partial charge < -0.3 is 15.3 Å². The molecule has 2 rings (SSSR count). The number of hydrogen-bond donors (Lipinski definition) is 2. The van der Waals surface area contributed by atoms with E-state index in [0.717, 1.165) is 22.6 Å². The molecule has 0 heterocycles. The number of nitrogens with one attached hydrogen (secondary N) is 1. The van der Waals surface area contributed by atoms with Crippen LogP contribution >= 0.6 is 0 Å². The van der Waals surface area contributed by atoms with Crippen molar-refractivity contribution in [3.63, 3.8) is 0 Å². The number of aromatic carboxylic acids is 1. The lowest BCUT2D eigenvalue weighted by Crippen LogP contribution is -2.08. The maximum absolute atomic E-state index is 10.9. The molecule has 2 aromatic carbocycles. The number of anilines is 3. The van der Waals surface area contributed by atoms with Gasteiger partial charge >= 0.3 is 5.97 Å². The van der Waals surface area contributed by atoms with Crippen molar-refractivity contribution < 1.29 is 9.90 Å². The fourth-order valence-corrected chi connectivity index (χ4v) is 1.95. The van der Waals surface area contributed by atoms with Crippen molar-refractivity contribution in [2.75, 3.05) is 24.3 Å². The minimum absolute atomic E-state index is 0.301. The van der Waals surface area contributed by atoms with Crippen LogP contribution in [0.4, 0.5) is 17.1 Å². The molecule has 0 amide bonds. The average molecular weight is 270 g/mol. The van der Waals surface area contributed by atoms with Crippen LogP contribution in [-0.2, 0) is 0 Å². The predicted octanol–water partition coefficient (Wildman–Crippen LogP) is 3.50. The van der Waals surface area contributed by atoms with E-state index in [4.69, 9.17) is 5.11 Å². The van der Waals surface area contributed by atoms with Crippen LogP contribution in [0, 0.1) is 6.92 Å². The zero-order valence-electron chi connectivity index (χ0n) is 11.8. The summed E-state index contributed by atoms with van der Waals surface area (Å²) in [6.45, 7) is 1.89. The van der Waals surface area contributed by atoms with E-state index < -0.39 is 5.97 Å². The van der Waals surface area contributed by atoms with E-state index >= 15 is 0 Å². The van der Waals surface area contributed by atoms with Crippen LogP contribution < -0.4 is 10.2 Å². The molecule has 0 aliphatic rings. The van der Waals surface area contributed by atoms with Crippen molar-refractivity contribution in [2.24, 2.45) is 0 Å². The molecule has 104 valence electrons. The van der Waals surface area contributed by atoms with Crippen LogP contribution in [0.15, 0.2) is 42.5 Å². The standard InChI is InChI=1S/C16H18N2O2/c1-11-9-12(16(19)20)7-8-15(11)17-13-5-4-6-14(10-13)18(2)3/h4-10,17H,1-3H3,(H,19,20). The molecule has 0 bridgehead atoms. The number of carboxylic acid groups (broad SMARTS) is 1. The summed E-state index contributed by atoms with van der Waals surface area (Å²) < 4.78 is 0. The number of carbonyl (C=O) groups is 1. The van der Waals surface area contributed by atoms with Gasteiger partial charge in [0.1, 0.15) is 0 Å². The third-order valence-electron chi connectivity index (χ3n) is 3.11. The minimum atomic E-state index is -0.908. The Morgan fingerprint density at radius 1 is 1.15 bits per heavy atom. The van der Waals surface area contributed by atoms with Gasteiger partial charge in [0.05, 0.1) is 5.56 Å². The lowest BCUT2D eigenvalue weighted by molar-refractivity contribution is 0.0697. The molecule has 0 saturated heterocycles. The van der Waals surface area contributed by atoms with Crippen molar-refractivity contribution >= 4 is 23.0 Å². The first-order chi connectivity index (χ1) is 9.47. The number of aryl methyl sites for hydroxylation is 1. The lowest BCUT2D eigenvalue weighted by Gasteiger charge is -2.15. The molecule has 2 aromatic rings. The molecule has 20 heavy (non-hydrogen) atoms. The molecule has 0 atom stereocenters. The Balaban J connectivity index is 2.26. The normalized spacial score (nSPS) is 10.2. The molecule has 0 fully saturated rings. The van der Waals surface area contributed by atoms with Gasteiger partial charge in [-0.2, -0.15) is 0 Å². The second-order valence-electron chi connectivity index (χ2n) is 4.90. The highest BCUT2D eigenvalue weighted by molar-refractivity contribution is 5.88. The van der Waals surface area contributed by atoms with Gasteiger partial charge in [0.2, 0.25) is 0 Å². The molecular weight excluding hydrogens is 252 g/mol. The first kappa shape index (κ1) is 13.9. The van der Waals surface area contributed by atoms with Gasteiger partial charge in [-0.3, -0.25) is 0 Å². The lowest BCUT2D eigenvalue weighted by atomic mass is 10.1. The van der Waals surface area contributed by atoms with Crippen LogP contribution in [-0.4, -0.2) is 25.2 Å². The smallest absolute Gasteiger partial charge is 0.335 e. The van der Waals surface area contributed by atoms with Gasteiger partial charge in [-0.1, -0.05) is 6.07 Å². The summed E-state index contributed by atoms with van der Waals surface area (Å²) in [5, 5.41) is 12.3. The Morgan fingerprint density at radius 3 is 2.50 bits per heavy atom. The largest absolute Gasteiger partial charge is 0.478 e. The molecule has 0 aromatic heterocycles. The van der Waals surface area contributed by atoms with E-state index in [9.17, 15) is 4.79 Å². The van der Waals surface area contributed by atoms with E-state index in [1.165, 1.54) is 0 Å². The van der Waals surface area contributed by atoms with E-state index in [1.807, 2.05) is 50.2 Å². The summed E-state index contributed by atoms with van der Waals surface area (Å²) in [5.41, 5.74) is 4.19. The van der Waals surface area contributed by atoms with Gasteiger partial charge in [0, 0.05) is 31.2 Å². The van der Waals surface area contributed by atoms with Crippen LogP contribution in [0.5, 0.6) is 0 Å². The van der Waals surface area contributed by atoms with Gasteiger partial charge in [-0.15, -0.1) is 0 Å². The number of hydrogen-bond acceptors (Lipinski definition) is 3. The predicted molar refractivity (Wildman–Crippen MR) is 82.2 cm³/mol. The Hall–Kier alpha value is -2.49. The highest BCUT2D eigenvalue weighted by Gasteiger charge is 2.06. The first-order valence-electron chi connectivity index (χ1n) is 6.36. The molecule has 0 spiro atoms. The molecule has 0 radical (unpaired) electrons. The van der Waals surface area contributed by atoms with Gasteiger partial charge in [0.25, 0.3) is 0 Å². The van der Waals surface area contributed by atoms with Crippen molar-refractivity contribution in [1.29, 1.82) is 0 Å². The van der Waals surface area contributed by atoms with Crippen molar-refractivity contribution in [3.8, 4) is 0 Å². The number of rotatable bonds is 4. The Labute approximate surface area is 118 Å². The summed E-state index contributed by atoms with van der Waals surface area (Å²) in [6, 6.07) is 13.1. The van der Waals surface area contributed by atoms with E-state index in [2.05, 4.69) is 5.32 Å². The molecule has 0 aliphatic heterocycles. The molecule has 0 aliphatic carbocycles. The molecule has 4 nitrogen and oxygen atoms in total. The van der Waals surface area contributed by atoms with Gasteiger partial charge in [-0.25, -0.2) is 4.79 Å². The van der Waals surface area contributed by atoms with Crippen LogP contribution in [0.2, 0.25) is 0 Å². The summed E-state index contributed by atoms with van der Waals surface area (Å²) in [6.07, 6.45) is 0. The highest BCUT2D eigenvalue weighted by Crippen LogP contribution is 2.24. The Bertz CT molecular complexity index is 636. The average Bonchev–Trinajstić information content (AvgIpc) is 2.41. The second kappa shape index (κ2) is 5.65. The fraction of sp³-hybridized carbons (Fsp3) is 0.188. The van der Waals surface area contributed by atoms with Gasteiger partial charge in [-0.05, 0) is 48.9 Å². The Morgan fingerprint density at radius 2 is 1.90 bits per heavy atom. The number of benzene rings is 2. The maximum Gasteiger partial charge on any atom is 0.335 e. The number of nitrogens with zero attached hydrogens (tertiary/aromatic N) is 1. The SMILES string of the molecule is Cc1cc(C(=O)O)ccc1Nc1cccc(N(C)C)c1. The summed E-state index contributed by atoms with van der Waals surface area (Å²) in [7, 11) is 3.98. The summed E-state index contributed by atoms with van der Waals surface area (Å²) in [5.74, 6) is -0.908. The van der Waals surface area contributed by atoms with E-state index in [1.54, 1.807) is 18.2 Å². The van der Waals surface area contributed by atoms with Crippen LogP contribution in [0.25, 0.3) is 0 Å². The third-order valence-corrected chi connectivity index (χ3v) is 3.11. The summed E-state index contributed by atoms with van der Waals surface area (Å²) >= 11 is 0. The van der Waals surface area contributed by atoms with Crippen LogP contribution in [0.1, 0.15) is 15.9 Å². The third kappa shape index (κ3) is 3.09. The zero-order chi connectivity index (χ0) is 14.7. The monoisotopic (exact) mass is 270 g/mol. The zero-order valence-corrected chi connectivity index (χ0v) is 11.8. The highest BCUT2D eigenvalue weighted by atomic mass is 16.4. The molecule has 2 N–H and O–H groups in total. The van der Waals surface area contributed by atoms with Gasteiger partial charge in [0.15, 0.2) is 0 Å². The quantitative estimate of drug-likeness (QED) is 0.892. The fourth-order valence-electron chi connectivity index (χ4n) is 1.95. The minimum Gasteiger partial charge on any atom is -0.478 e. The van der Waals surface area contributed by atoms with E-state index in [0.29, 0.717) is 5.56 Å². The molecule has 4 heteroatoms. The van der Waals surface area contributed by atoms with Crippen molar-refractivity contribution in [1.82, 2.24) is 0 Å². The first-order valence-corrected chi connectivity index (χ1v) is 6.36. The molecule has 0 unspecified atom stereocenters. The maximum atomic E-state index is 10.9. The second-order valence-corrected chi connectivity index (χ2v) is 4.90. The molecule has 0 saturated carbocycles. The molecular formula is C16H18N2O2. The van der Waals surface area contributed by atoms with Crippen molar-refractivity contribution in [2.45, 2.75) is 6.92 Å². The summed E-state index contributed by atoms with van der Waals surface area (Å²) in [4.78, 5) is 12.9. The number of carboxylic acids is 1. The van der Waals surface area contributed by atoms with Crippen molar-refractivity contribution in [3.05, 3.63) is 53.6 Å². The van der Waals surface area contributed by atoms with E-state index in [-0.39, 0.29) is 0 Å². The topological polar surface area (TPSA) is 52.6 Å².